The molecular weight excluding hydrogens is 336 g/mol. The molecule has 0 aliphatic carbocycles. The van der Waals surface area contributed by atoms with Gasteiger partial charge in [0.25, 0.3) is 0 Å². The Labute approximate surface area is 149 Å². The highest BCUT2D eigenvalue weighted by molar-refractivity contribution is 5.90. The fourth-order valence-corrected chi connectivity index (χ4v) is 3.41. The minimum Gasteiger partial charge on any atom is -0.387 e. The van der Waals surface area contributed by atoms with Gasteiger partial charge in [0.2, 0.25) is 0 Å². The van der Waals surface area contributed by atoms with Crippen LogP contribution in [0, 0.1) is 11.6 Å². The number of pyridine rings is 1. The molecule has 1 atom stereocenters. The third-order valence-corrected chi connectivity index (χ3v) is 4.85. The van der Waals surface area contributed by atoms with E-state index in [1.165, 1.54) is 11.6 Å². The van der Waals surface area contributed by atoms with Crippen LogP contribution in [0.2, 0.25) is 0 Å². The molecule has 2 aromatic heterocycles. The lowest BCUT2D eigenvalue weighted by Crippen LogP contribution is -2.32. The van der Waals surface area contributed by atoms with Crippen LogP contribution in [-0.4, -0.2) is 39.6 Å². The lowest BCUT2D eigenvalue weighted by atomic mass is 9.99. The Morgan fingerprint density at radius 2 is 2.12 bits per heavy atom. The molecule has 6 heteroatoms. The van der Waals surface area contributed by atoms with E-state index in [0.29, 0.717) is 18.7 Å². The van der Waals surface area contributed by atoms with E-state index >= 15 is 0 Å². The number of hydrogen-bond donors (Lipinski definition) is 2. The zero-order chi connectivity index (χ0) is 18.1. The quantitative estimate of drug-likeness (QED) is 0.751. The summed E-state index contributed by atoms with van der Waals surface area (Å²) in [7, 11) is 0. The second-order valence-corrected chi connectivity index (χ2v) is 6.53. The Hall–Kier alpha value is -2.57. The summed E-state index contributed by atoms with van der Waals surface area (Å²) in [5.74, 6) is -1.84. The summed E-state index contributed by atoms with van der Waals surface area (Å²) < 4.78 is 26.4. The van der Waals surface area contributed by atoms with E-state index in [1.807, 2.05) is 18.3 Å². The van der Waals surface area contributed by atoms with Crippen molar-refractivity contribution in [3.8, 4) is 0 Å². The minimum absolute atomic E-state index is 0.379. The lowest BCUT2D eigenvalue weighted by Gasteiger charge is -2.28. The number of aliphatic hydroxyl groups excluding tert-OH is 1. The summed E-state index contributed by atoms with van der Waals surface area (Å²) in [6.07, 6.45) is 5.90. The van der Waals surface area contributed by atoms with Crippen LogP contribution in [0.15, 0.2) is 48.8 Å². The van der Waals surface area contributed by atoms with Crippen molar-refractivity contribution in [2.45, 2.75) is 12.5 Å². The van der Waals surface area contributed by atoms with E-state index < -0.39 is 17.7 Å². The molecule has 1 unspecified atom stereocenters. The van der Waals surface area contributed by atoms with Gasteiger partial charge in [0, 0.05) is 43.0 Å². The number of halogens is 2. The molecule has 0 fully saturated rings. The van der Waals surface area contributed by atoms with Gasteiger partial charge < -0.3 is 10.1 Å². The molecule has 4 rings (SSSR count). The van der Waals surface area contributed by atoms with Crippen LogP contribution in [0.4, 0.5) is 8.78 Å². The summed E-state index contributed by atoms with van der Waals surface area (Å²) in [6, 6.07) is 7.51. The summed E-state index contributed by atoms with van der Waals surface area (Å²) >= 11 is 0. The molecule has 2 N–H and O–H groups in total. The number of rotatable bonds is 4. The highest BCUT2D eigenvalue weighted by atomic mass is 19.2. The van der Waals surface area contributed by atoms with E-state index in [1.54, 1.807) is 6.20 Å². The van der Waals surface area contributed by atoms with Crippen molar-refractivity contribution in [3.63, 3.8) is 0 Å². The Morgan fingerprint density at radius 3 is 2.88 bits per heavy atom. The zero-order valence-corrected chi connectivity index (χ0v) is 14.1. The molecule has 0 saturated carbocycles. The summed E-state index contributed by atoms with van der Waals surface area (Å²) in [6.45, 7) is 1.87. The first-order valence-corrected chi connectivity index (χ1v) is 8.58. The molecule has 1 aromatic carbocycles. The number of aromatic amines is 1. The van der Waals surface area contributed by atoms with E-state index in [0.717, 1.165) is 41.7 Å². The Kier molecular flexibility index (Phi) is 4.53. The van der Waals surface area contributed by atoms with Crippen molar-refractivity contribution in [1.82, 2.24) is 14.9 Å². The first kappa shape index (κ1) is 16.9. The molecule has 1 aliphatic heterocycles. The van der Waals surface area contributed by atoms with Crippen molar-refractivity contribution < 1.29 is 13.9 Å². The number of aromatic nitrogens is 2. The molecule has 134 valence electrons. The van der Waals surface area contributed by atoms with E-state index in [-0.39, 0.29) is 0 Å². The van der Waals surface area contributed by atoms with Crippen LogP contribution in [0.25, 0.3) is 16.6 Å². The molecule has 4 nitrogen and oxygen atoms in total. The van der Waals surface area contributed by atoms with Crippen molar-refractivity contribution >= 4 is 16.6 Å². The Morgan fingerprint density at radius 1 is 1.23 bits per heavy atom. The molecule has 0 bridgehead atoms. The van der Waals surface area contributed by atoms with Gasteiger partial charge in [-0.25, -0.2) is 13.8 Å². The first-order chi connectivity index (χ1) is 12.6. The van der Waals surface area contributed by atoms with Crippen LogP contribution in [0.3, 0.4) is 0 Å². The normalized spacial score (nSPS) is 16.7. The van der Waals surface area contributed by atoms with Crippen LogP contribution in [0.5, 0.6) is 0 Å². The standard InChI is InChI=1S/C20H19F2N3O/c21-17-4-3-14(10-18(17)22)19(26)12-25-8-5-13(6-9-25)16-11-24-20-15(16)2-1-7-23-20/h1-5,7,10-11,19,26H,6,8-9,12H2,(H,23,24). The number of H-pyrrole nitrogens is 1. The molecule has 3 heterocycles. The molecule has 26 heavy (non-hydrogen) atoms. The van der Waals surface area contributed by atoms with Crippen molar-refractivity contribution in [1.29, 1.82) is 0 Å². The zero-order valence-electron chi connectivity index (χ0n) is 14.1. The SMILES string of the molecule is OC(CN1CC=C(c2c[nH]c3ncccc23)CC1)c1ccc(F)c(F)c1. The van der Waals surface area contributed by atoms with Crippen LogP contribution in [-0.2, 0) is 0 Å². The number of hydrogen-bond acceptors (Lipinski definition) is 3. The fraction of sp³-hybridized carbons (Fsp3) is 0.250. The van der Waals surface area contributed by atoms with Gasteiger partial charge in [-0.05, 0) is 41.8 Å². The van der Waals surface area contributed by atoms with Gasteiger partial charge in [-0.3, -0.25) is 4.90 Å². The van der Waals surface area contributed by atoms with Gasteiger partial charge >= 0.3 is 0 Å². The maximum atomic E-state index is 13.3. The third kappa shape index (κ3) is 3.25. The number of β-amino-alcohol motifs (C(OH)–C–C–N with tert-alkyl or cyclic N) is 1. The lowest BCUT2D eigenvalue weighted by molar-refractivity contribution is 0.118. The number of nitrogens with one attached hydrogen (secondary N) is 1. The maximum Gasteiger partial charge on any atom is 0.159 e. The topological polar surface area (TPSA) is 52.1 Å². The first-order valence-electron chi connectivity index (χ1n) is 8.58. The average molecular weight is 355 g/mol. The molecule has 0 radical (unpaired) electrons. The van der Waals surface area contributed by atoms with Crippen molar-refractivity contribution in [3.05, 3.63) is 71.6 Å². The summed E-state index contributed by atoms with van der Waals surface area (Å²) in [5, 5.41) is 11.4. The van der Waals surface area contributed by atoms with Gasteiger partial charge in [0.15, 0.2) is 11.6 Å². The smallest absolute Gasteiger partial charge is 0.159 e. The molecule has 0 spiro atoms. The number of fused-ring (bicyclic) bond motifs is 1. The summed E-state index contributed by atoms with van der Waals surface area (Å²) in [4.78, 5) is 9.60. The number of nitrogens with zero attached hydrogens (tertiary/aromatic N) is 2. The molecule has 0 amide bonds. The predicted molar refractivity (Wildman–Crippen MR) is 96.4 cm³/mol. The molecule has 0 saturated heterocycles. The second kappa shape index (κ2) is 6.97. The highest BCUT2D eigenvalue weighted by Gasteiger charge is 2.19. The van der Waals surface area contributed by atoms with Crippen LogP contribution < -0.4 is 0 Å². The number of benzene rings is 1. The van der Waals surface area contributed by atoms with Crippen molar-refractivity contribution in [2.75, 3.05) is 19.6 Å². The third-order valence-electron chi connectivity index (χ3n) is 4.85. The van der Waals surface area contributed by atoms with Gasteiger partial charge in [-0.15, -0.1) is 0 Å². The highest BCUT2D eigenvalue weighted by Crippen LogP contribution is 2.29. The maximum absolute atomic E-state index is 13.3. The van der Waals surface area contributed by atoms with E-state index in [2.05, 4.69) is 20.9 Å². The monoisotopic (exact) mass is 355 g/mol. The predicted octanol–water partition coefficient (Wildman–Crippen LogP) is 3.66. The Bertz CT molecular complexity index is 967. The van der Waals surface area contributed by atoms with Gasteiger partial charge in [0.1, 0.15) is 5.65 Å². The minimum atomic E-state index is -0.935. The van der Waals surface area contributed by atoms with Crippen LogP contribution in [0.1, 0.15) is 23.7 Å². The summed E-state index contributed by atoms with van der Waals surface area (Å²) in [5.41, 5.74) is 3.68. The van der Waals surface area contributed by atoms with E-state index in [9.17, 15) is 13.9 Å². The molecule has 3 aromatic rings. The van der Waals surface area contributed by atoms with Gasteiger partial charge in [-0.1, -0.05) is 12.1 Å². The van der Waals surface area contributed by atoms with Crippen molar-refractivity contribution in [2.24, 2.45) is 0 Å². The van der Waals surface area contributed by atoms with E-state index in [4.69, 9.17) is 0 Å². The molecule has 1 aliphatic rings. The van der Waals surface area contributed by atoms with Gasteiger partial charge in [0.05, 0.1) is 6.10 Å². The largest absolute Gasteiger partial charge is 0.387 e. The second-order valence-electron chi connectivity index (χ2n) is 6.53. The molecular formula is C20H19F2N3O. The average Bonchev–Trinajstić information content (AvgIpc) is 3.09. The number of aliphatic hydroxyl groups is 1. The van der Waals surface area contributed by atoms with Gasteiger partial charge in [-0.2, -0.15) is 0 Å². The van der Waals surface area contributed by atoms with Crippen LogP contribution >= 0.6 is 0 Å². The fourth-order valence-electron chi connectivity index (χ4n) is 3.41. The Balaban J connectivity index is 1.45.